The molecule has 5 nitrogen and oxygen atoms in total. The zero-order chi connectivity index (χ0) is 24.0. The molecule has 0 aromatic heterocycles. The number of hydrogen-bond acceptors (Lipinski definition) is 5. The molecule has 0 aliphatic carbocycles. The number of piperidine rings is 1. The Morgan fingerprint density at radius 3 is 2.42 bits per heavy atom. The molecule has 178 valence electrons. The number of benzene rings is 2. The molecule has 2 aromatic rings. The monoisotopic (exact) mass is 463 g/mol. The fraction of sp³-hybridized carbons (Fsp3) is 0.440. The van der Waals surface area contributed by atoms with Crippen molar-refractivity contribution in [3.63, 3.8) is 0 Å². The lowest BCUT2D eigenvalue weighted by Gasteiger charge is -2.38. The molecule has 0 amide bonds. The van der Waals surface area contributed by atoms with Gasteiger partial charge in [-0.2, -0.15) is 0 Å². The van der Waals surface area contributed by atoms with Crippen molar-refractivity contribution in [1.29, 1.82) is 0 Å². The van der Waals surface area contributed by atoms with Crippen molar-refractivity contribution >= 4 is 11.8 Å². The highest BCUT2D eigenvalue weighted by Crippen LogP contribution is 2.32. The van der Waals surface area contributed by atoms with Crippen LogP contribution in [0.4, 0.5) is 13.2 Å². The van der Waals surface area contributed by atoms with E-state index in [-0.39, 0.29) is 44.1 Å². The van der Waals surface area contributed by atoms with E-state index < -0.39 is 30.3 Å². The second kappa shape index (κ2) is 10.8. The number of hydrogen-bond donors (Lipinski definition) is 0. The zero-order valence-electron chi connectivity index (χ0n) is 18.7. The summed E-state index contributed by atoms with van der Waals surface area (Å²) < 4.78 is 51.4. The normalized spacial score (nSPS) is 19.0. The van der Waals surface area contributed by atoms with Gasteiger partial charge >= 0.3 is 5.97 Å². The summed E-state index contributed by atoms with van der Waals surface area (Å²) >= 11 is 0. The van der Waals surface area contributed by atoms with Crippen LogP contribution in [0, 0.1) is 5.82 Å². The number of carbonyl (C=O) groups excluding carboxylic acids is 2. The van der Waals surface area contributed by atoms with Crippen molar-refractivity contribution in [2.45, 2.75) is 44.1 Å². The Labute approximate surface area is 191 Å². The second-order valence-electron chi connectivity index (χ2n) is 8.37. The largest absolute Gasteiger partial charge is 0.492 e. The molecule has 1 aliphatic heterocycles. The maximum absolute atomic E-state index is 14.1. The van der Waals surface area contributed by atoms with Crippen molar-refractivity contribution in [1.82, 2.24) is 4.90 Å². The van der Waals surface area contributed by atoms with Crippen molar-refractivity contribution < 1.29 is 32.2 Å². The lowest BCUT2D eigenvalue weighted by atomic mass is 9.88. The number of ether oxygens (including phenoxy) is 2. The maximum Gasteiger partial charge on any atom is 0.337 e. The van der Waals surface area contributed by atoms with Gasteiger partial charge in [0.15, 0.2) is 5.78 Å². The molecule has 0 radical (unpaired) electrons. The van der Waals surface area contributed by atoms with Crippen LogP contribution in [0.25, 0.3) is 0 Å². The third-order valence-corrected chi connectivity index (χ3v) is 5.90. The predicted molar refractivity (Wildman–Crippen MR) is 117 cm³/mol. The summed E-state index contributed by atoms with van der Waals surface area (Å²) in [5.74, 6) is -3.49. The Morgan fingerprint density at radius 1 is 1.12 bits per heavy atom. The molecule has 1 fully saturated rings. The van der Waals surface area contributed by atoms with Crippen LogP contribution in [0.3, 0.4) is 0 Å². The van der Waals surface area contributed by atoms with Crippen molar-refractivity contribution in [3.05, 3.63) is 65.5 Å². The Morgan fingerprint density at radius 2 is 1.79 bits per heavy atom. The van der Waals surface area contributed by atoms with Crippen LogP contribution in [0.15, 0.2) is 48.5 Å². The van der Waals surface area contributed by atoms with Crippen LogP contribution in [-0.2, 0) is 9.53 Å². The molecule has 0 spiro atoms. The number of alkyl halides is 2. The smallest absolute Gasteiger partial charge is 0.337 e. The highest BCUT2D eigenvalue weighted by Gasteiger charge is 2.42. The van der Waals surface area contributed by atoms with E-state index in [1.54, 1.807) is 24.3 Å². The lowest BCUT2D eigenvalue weighted by molar-refractivity contribution is -0.134. The number of nitrogens with zero attached hydrogens (tertiary/aromatic N) is 1. The standard InChI is InChI=1S/C25H28F3NO4/c1-17(18-3-5-19(6-4-18)24(31)32-2)15-23(30)22-11-12-25(27,28)16-29(22)13-14-33-21-9-7-20(26)8-10-21/h3-10,17,22H,11-16H2,1-2H3/t17-,22-/m1/s1. The zero-order valence-corrected chi connectivity index (χ0v) is 18.7. The van der Waals surface area contributed by atoms with E-state index >= 15 is 0 Å². The van der Waals surface area contributed by atoms with Gasteiger partial charge < -0.3 is 9.47 Å². The minimum absolute atomic E-state index is 0.0797. The molecular weight excluding hydrogens is 435 g/mol. The van der Waals surface area contributed by atoms with Gasteiger partial charge in [0, 0.05) is 19.4 Å². The summed E-state index contributed by atoms with van der Waals surface area (Å²) in [5, 5.41) is 0. The van der Waals surface area contributed by atoms with Gasteiger partial charge in [0.25, 0.3) is 5.92 Å². The van der Waals surface area contributed by atoms with Gasteiger partial charge in [-0.3, -0.25) is 9.69 Å². The van der Waals surface area contributed by atoms with E-state index in [9.17, 15) is 22.8 Å². The van der Waals surface area contributed by atoms with Crippen LogP contribution < -0.4 is 4.74 Å². The van der Waals surface area contributed by atoms with Crippen molar-refractivity contribution in [2.24, 2.45) is 0 Å². The average molecular weight is 463 g/mol. The Bertz CT molecular complexity index is 947. The number of likely N-dealkylation sites (tertiary alicyclic amines) is 1. The molecule has 1 saturated heterocycles. The fourth-order valence-electron chi connectivity index (χ4n) is 4.05. The summed E-state index contributed by atoms with van der Waals surface area (Å²) in [4.78, 5) is 26.1. The maximum atomic E-state index is 14.1. The third kappa shape index (κ3) is 6.81. The van der Waals surface area contributed by atoms with E-state index in [0.29, 0.717) is 11.3 Å². The van der Waals surface area contributed by atoms with E-state index in [1.165, 1.54) is 36.3 Å². The predicted octanol–water partition coefficient (Wildman–Crippen LogP) is 4.85. The third-order valence-electron chi connectivity index (χ3n) is 5.90. The van der Waals surface area contributed by atoms with Gasteiger partial charge in [0.1, 0.15) is 18.2 Å². The number of Topliss-reactive ketones (excluding diaryl/α,β-unsaturated/α-hetero) is 1. The topological polar surface area (TPSA) is 55.8 Å². The first-order chi connectivity index (χ1) is 15.7. The van der Waals surface area contributed by atoms with Gasteiger partial charge in [-0.05, 0) is 54.3 Å². The van der Waals surface area contributed by atoms with E-state index in [4.69, 9.17) is 4.74 Å². The van der Waals surface area contributed by atoms with Crippen molar-refractivity contribution in [3.8, 4) is 5.75 Å². The highest BCUT2D eigenvalue weighted by atomic mass is 19.3. The summed E-state index contributed by atoms with van der Waals surface area (Å²) in [5.41, 5.74) is 1.30. The number of rotatable bonds is 9. The molecule has 0 bridgehead atoms. The van der Waals surface area contributed by atoms with E-state index in [2.05, 4.69) is 4.74 Å². The van der Waals surface area contributed by atoms with Gasteiger partial charge in [-0.1, -0.05) is 19.1 Å². The minimum Gasteiger partial charge on any atom is -0.492 e. The first kappa shape index (κ1) is 24.8. The molecule has 0 N–H and O–H groups in total. The SMILES string of the molecule is COC(=O)c1ccc([C@H](C)CC(=O)[C@H]2CCC(F)(F)CN2CCOc2ccc(F)cc2)cc1. The molecule has 2 atom stereocenters. The highest BCUT2D eigenvalue weighted by molar-refractivity contribution is 5.89. The van der Waals surface area contributed by atoms with Crippen LogP contribution in [0.5, 0.6) is 5.75 Å². The quantitative estimate of drug-likeness (QED) is 0.498. The minimum atomic E-state index is -2.86. The molecule has 1 heterocycles. The fourth-order valence-corrected chi connectivity index (χ4v) is 4.05. The molecule has 3 rings (SSSR count). The number of ketones is 1. The molecule has 0 unspecified atom stereocenters. The Kier molecular flexibility index (Phi) is 8.13. The number of halogens is 3. The van der Waals surface area contributed by atoms with Crippen LogP contribution in [0.2, 0.25) is 0 Å². The summed E-state index contributed by atoms with van der Waals surface area (Å²) in [6.07, 6.45) is -0.0551. The molecule has 0 saturated carbocycles. The molecule has 33 heavy (non-hydrogen) atoms. The molecule has 2 aromatic carbocycles. The second-order valence-corrected chi connectivity index (χ2v) is 8.37. The van der Waals surface area contributed by atoms with Gasteiger partial charge in [0.05, 0.1) is 25.3 Å². The van der Waals surface area contributed by atoms with Gasteiger partial charge in [-0.15, -0.1) is 0 Å². The number of methoxy groups -OCH3 is 1. The first-order valence-electron chi connectivity index (χ1n) is 10.9. The Balaban J connectivity index is 1.60. The Hall–Kier alpha value is -2.87. The van der Waals surface area contributed by atoms with Crippen molar-refractivity contribution in [2.75, 3.05) is 26.8 Å². The lowest BCUT2D eigenvalue weighted by Crippen LogP contribution is -2.53. The van der Waals surface area contributed by atoms with Crippen LogP contribution in [-0.4, -0.2) is 55.4 Å². The summed E-state index contributed by atoms with van der Waals surface area (Å²) in [7, 11) is 1.31. The van der Waals surface area contributed by atoms with E-state index in [0.717, 1.165) is 5.56 Å². The molecular formula is C25H28F3NO4. The number of esters is 1. The van der Waals surface area contributed by atoms with Crippen LogP contribution in [0.1, 0.15) is 48.0 Å². The van der Waals surface area contributed by atoms with Gasteiger partial charge in [-0.25, -0.2) is 18.0 Å². The number of carbonyl (C=O) groups is 2. The molecule has 1 aliphatic rings. The molecule has 8 heteroatoms. The van der Waals surface area contributed by atoms with Gasteiger partial charge in [0.2, 0.25) is 0 Å². The average Bonchev–Trinajstić information content (AvgIpc) is 2.79. The van der Waals surface area contributed by atoms with Crippen LogP contribution >= 0.6 is 0 Å². The van der Waals surface area contributed by atoms with E-state index in [1.807, 2.05) is 6.92 Å². The first-order valence-corrected chi connectivity index (χ1v) is 10.9. The summed E-state index contributed by atoms with van der Waals surface area (Å²) in [6, 6.07) is 11.7. The summed E-state index contributed by atoms with van der Waals surface area (Å²) in [6.45, 7) is 1.66.